The molecule has 0 bridgehead atoms. The van der Waals surface area contributed by atoms with Crippen molar-refractivity contribution in [1.82, 2.24) is 10.2 Å². The predicted molar refractivity (Wildman–Crippen MR) is 88.8 cm³/mol. The minimum atomic E-state index is -0.363. The maximum Gasteiger partial charge on any atom is 0.243 e. The summed E-state index contributed by atoms with van der Waals surface area (Å²) in [6.45, 7) is 10.4. The lowest BCUT2D eigenvalue weighted by molar-refractivity contribution is -0.137. The summed E-state index contributed by atoms with van der Waals surface area (Å²) >= 11 is 0. The van der Waals surface area contributed by atoms with Gasteiger partial charge in [-0.25, -0.2) is 0 Å². The highest BCUT2D eigenvalue weighted by Crippen LogP contribution is 2.34. The third-order valence-corrected chi connectivity index (χ3v) is 4.43. The lowest BCUT2D eigenvalue weighted by Crippen LogP contribution is -2.48. The summed E-state index contributed by atoms with van der Waals surface area (Å²) in [7, 11) is 0. The van der Waals surface area contributed by atoms with Gasteiger partial charge in [-0.3, -0.25) is 9.59 Å². The van der Waals surface area contributed by atoms with Crippen molar-refractivity contribution in [2.75, 3.05) is 6.54 Å². The minimum Gasteiger partial charge on any atom is -0.464 e. The Morgan fingerprint density at radius 3 is 2.61 bits per heavy atom. The SMILES string of the molecule is CCc1ccc([C@@H](NC(=O)[C@H]2CCCN2C(C)=O)C(C)(C)C)o1. The van der Waals surface area contributed by atoms with Crippen LogP contribution in [0.1, 0.15) is 65.0 Å². The van der Waals surface area contributed by atoms with Crippen LogP contribution in [-0.2, 0) is 16.0 Å². The van der Waals surface area contributed by atoms with Crippen molar-refractivity contribution in [2.24, 2.45) is 5.41 Å². The Labute approximate surface area is 138 Å². The first-order chi connectivity index (χ1) is 10.7. The molecule has 128 valence electrons. The van der Waals surface area contributed by atoms with Gasteiger partial charge in [0.25, 0.3) is 0 Å². The minimum absolute atomic E-state index is 0.0405. The molecular weight excluding hydrogens is 292 g/mol. The number of rotatable bonds is 4. The maximum atomic E-state index is 12.7. The van der Waals surface area contributed by atoms with Crippen LogP contribution in [0.4, 0.5) is 0 Å². The number of nitrogens with one attached hydrogen (secondary N) is 1. The van der Waals surface area contributed by atoms with Gasteiger partial charge >= 0.3 is 0 Å². The topological polar surface area (TPSA) is 62.6 Å². The van der Waals surface area contributed by atoms with Gasteiger partial charge in [-0.05, 0) is 30.4 Å². The summed E-state index contributed by atoms with van der Waals surface area (Å²) in [5.41, 5.74) is -0.182. The Morgan fingerprint density at radius 1 is 1.39 bits per heavy atom. The molecule has 1 aromatic heterocycles. The maximum absolute atomic E-state index is 12.7. The number of hydrogen-bond donors (Lipinski definition) is 1. The van der Waals surface area contributed by atoms with Gasteiger partial charge in [-0.1, -0.05) is 27.7 Å². The van der Waals surface area contributed by atoms with E-state index in [2.05, 4.69) is 26.1 Å². The quantitative estimate of drug-likeness (QED) is 0.927. The third kappa shape index (κ3) is 3.95. The highest BCUT2D eigenvalue weighted by molar-refractivity contribution is 5.87. The van der Waals surface area contributed by atoms with E-state index < -0.39 is 0 Å². The van der Waals surface area contributed by atoms with Gasteiger partial charge in [-0.2, -0.15) is 0 Å². The lowest BCUT2D eigenvalue weighted by Gasteiger charge is -2.32. The molecule has 1 aliphatic rings. The van der Waals surface area contributed by atoms with Gasteiger partial charge in [0.05, 0.1) is 6.04 Å². The van der Waals surface area contributed by atoms with Crippen LogP contribution in [0, 0.1) is 5.41 Å². The average Bonchev–Trinajstić information content (AvgIpc) is 3.11. The first-order valence-corrected chi connectivity index (χ1v) is 8.40. The number of nitrogens with zero attached hydrogens (tertiary/aromatic N) is 1. The number of hydrogen-bond acceptors (Lipinski definition) is 3. The van der Waals surface area contributed by atoms with Crippen molar-refractivity contribution in [3.05, 3.63) is 23.7 Å². The van der Waals surface area contributed by atoms with E-state index in [1.807, 2.05) is 19.1 Å². The molecule has 0 radical (unpaired) electrons. The Morgan fingerprint density at radius 2 is 2.09 bits per heavy atom. The molecule has 0 saturated carbocycles. The number of carbonyl (C=O) groups is 2. The number of amides is 2. The summed E-state index contributed by atoms with van der Waals surface area (Å²) in [4.78, 5) is 26.1. The van der Waals surface area contributed by atoms with Crippen molar-refractivity contribution in [3.63, 3.8) is 0 Å². The second-order valence-corrected chi connectivity index (χ2v) is 7.34. The largest absolute Gasteiger partial charge is 0.464 e. The molecular formula is C18H28N2O3. The first kappa shape index (κ1) is 17.6. The molecule has 2 rings (SSSR count). The average molecular weight is 320 g/mol. The molecule has 1 fully saturated rings. The monoisotopic (exact) mass is 320 g/mol. The smallest absolute Gasteiger partial charge is 0.243 e. The van der Waals surface area contributed by atoms with Crippen molar-refractivity contribution in [3.8, 4) is 0 Å². The number of aryl methyl sites for hydroxylation is 1. The van der Waals surface area contributed by atoms with E-state index in [1.165, 1.54) is 6.92 Å². The molecule has 23 heavy (non-hydrogen) atoms. The van der Waals surface area contributed by atoms with Gasteiger partial charge in [-0.15, -0.1) is 0 Å². The Hall–Kier alpha value is -1.78. The summed E-state index contributed by atoms with van der Waals surface area (Å²) in [5.74, 6) is 1.55. The van der Waals surface area contributed by atoms with Gasteiger partial charge in [0.1, 0.15) is 17.6 Å². The van der Waals surface area contributed by atoms with E-state index in [1.54, 1.807) is 4.90 Å². The second kappa shape index (κ2) is 6.77. The van der Waals surface area contributed by atoms with Crippen molar-refractivity contribution >= 4 is 11.8 Å². The van der Waals surface area contributed by atoms with Crippen LogP contribution in [0.25, 0.3) is 0 Å². The molecule has 5 heteroatoms. The van der Waals surface area contributed by atoms with Gasteiger partial charge in [0.2, 0.25) is 11.8 Å². The third-order valence-electron chi connectivity index (χ3n) is 4.43. The van der Waals surface area contributed by atoms with Gasteiger partial charge < -0.3 is 14.6 Å². The van der Waals surface area contributed by atoms with E-state index in [-0.39, 0.29) is 29.3 Å². The molecule has 1 N–H and O–H groups in total. The molecule has 2 heterocycles. The molecule has 2 amide bonds. The Balaban J connectivity index is 2.18. The first-order valence-electron chi connectivity index (χ1n) is 8.40. The molecule has 0 aliphatic carbocycles. The lowest BCUT2D eigenvalue weighted by atomic mass is 9.85. The highest BCUT2D eigenvalue weighted by atomic mass is 16.3. The zero-order valence-electron chi connectivity index (χ0n) is 14.8. The molecule has 5 nitrogen and oxygen atoms in total. The second-order valence-electron chi connectivity index (χ2n) is 7.34. The van der Waals surface area contributed by atoms with Crippen LogP contribution in [0.3, 0.4) is 0 Å². The predicted octanol–water partition coefficient (Wildman–Crippen LogP) is 3.06. The van der Waals surface area contributed by atoms with Crippen molar-refractivity contribution < 1.29 is 14.0 Å². The fourth-order valence-corrected chi connectivity index (χ4v) is 3.11. The number of carbonyl (C=O) groups excluding carboxylic acids is 2. The molecule has 2 atom stereocenters. The number of furan rings is 1. The van der Waals surface area contributed by atoms with Crippen LogP contribution >= 0.6 is 0 Å². The van der Waals surface area contributed by atoms with Crippen LogP contribution in [0.2, 0.25) is 0 Å². The highest BCUT2D eigenvalue weighted by Gasteiger charge is 2.37. The van der Waals surface area contributed by atoms with Gasteiger partial charge in [0.15, 0.2) is 0 Å². The van der Waals surface area contributed by atoms with Crippen LogP contribution < -0.4 is 5.32 Å². The molecule has 0 spiro atoms. The fourth-order valence-electron chi connectivity index (χ4n) is 3.11. The van der Waals surface area contributed by atoms with Crippen LogP contribution in [0.5, 0.6) is 0 Å². The van der Waals surface area contributed by atoms with Gasteiger partial charge in [0, 0.05) is 19.9 Å². The van der Waals surface area contributed by atoms with E-state index in [0.717, 1.165) is 30.8 Å². The summed E-state index contributed by atoms with van der Waals surface area (Å²) < 4.78 is 5.86. The fraction of sp³-hybridized carbons (Fsp3) is 0.667. The molecule has 0 aromatic carbocycles. The van der Waals surface area contributed by atoms with Crippen LogP contribution in [0.15, 0.2) is 16.5 Å². The molecule has 1 aliphatic heterocycles. The van der Waals surface area contributed by atoms with E-state index >= 15 is 0 Å². The number of likely N-dealkylation sites (tertiary alicyclic amines) is 1. The summed E-state index contributed by atoms with van der Waals surface area (Å²) in [6, 6.07) is 3.31. The van der Waals surface area contributed by atoms with Crippen molar-refractivity contribution in [1.29, 1.82) is 0 Å². The molecule has 1 aromatic rings. The zero-order valence-corrected chi connectivity index (χ0v) is 14.8. The Bertz CT molecular complexity index is 571. The standard InChI is InChI=1S/C18H28N2O3/c1-6-13-9-10-15(23-13)16(18(3,4)5)19-17(22)14-8-7-11-20(14)12(2)21/h9-10,14,16H,6-8,11H2,1-5H3,(H,19,22)/t14-,16-/m1/s1. The molecule has 0 unspecified atom stereocenters. The van der Waals surface area contributed by atoms with E-state index in [0.29, 0.717) is 6.54 Å². The summed E-state index contributed by atoms with van der Waals surface area (Å²) in [6.07, 6.45) is 2.42. The van der Waals surface area contributed by atoms with E-state index in [4.69, 9.17) is 4.42 Å². The van der Waals surface area contributed by atoms with E-state index in [9.17, 15) is 9.59 Å². The zero-order chi connectivity index (χ0) is 17.2. The normalized spacial score (nSPS) is 19.7. The molecule has 1 saturated heterocycles. The van der Waals surface area contributed by atoms with Crippen LogP contribution in [-0.4, -0.2) is 29.3 Å². The Kier molecular flexibility index (Phi) is 5.17. The van der Waals surface area contributed by atoms with Crippen molar-refractivity contribution in [2.45, 2.75) is 66.0 Å². The summed E-state index contributed by atoms with van der Waals surface area (Å²) in [5, 5.41) is 3.11.